The van der Waals surface area contributed by atoms with Crippen LogP contribution < -0.4 is 0 Å². The number of allylic oxidation sites excluding steroid dienone is 3. The molecule has 0 bridgehead atoms. The van der Waals surface area contributed by atoms with Crippen molar-refractivity contribution >= 4 is 18.4 Å². The van der Waals surface area contributed by atoms with Gasteiger partial charge in [-0.25, -0.2) is 0 Å². The molecule has 106 valence electrons. The second-order valence-corrected chi connectivity index (χ2v) is 18.6. The summed E-state index contributed by atoms with van der Waals surface area (Å²) in [4.78, 5) is 0. The van der Waals surface area contributed by atoms with Crippen LogP contribution in [0.1, 0.15) is 66.2 Å². The third-order valence-electron chi connectivity index (χ3n) is 3.84. The van der Waals surface area contributed by atoms with Crippen molar-refractivity contribution in [3.63, 3.8) is 0 Å². The number of hydrogen-bond donors (Lipinski definition) is 0. The van der Waals surface area contributed by atoms with Crippen LogP contribution in [0.15, 0.2) is 22.3 Å². The van der Waals surface area contributed by atoms with Gasteiger partial charge < -0.3 is 0 Å². The third-order valence-corrected chi connectivity index (χ3v) is 18.0. The Kier molecular flexibility index (Phi) is 12.5. The molecule has 0 nitrogen and oxygen atoms in total. The second kappa shape index (κ2) is 12.3. The zero-order valence-corrected chi connectivity index (χ0v) is 16.0. The molecule has 0 fully saturated rings. The van der Waals surface area contributed by atoms with Gasteiger partial charge in [-0.15, -0.1) is 0 Å². The van der Waals surface area contributed by atoms with Crippen LogP contribution in [0.2, 0.25) is 13.3 Å². The van der Waals surface area contributed by atoms with Crippen molar-refractivity contribution in [3.05, 3.63) is 22.3 Å². The first-order valence-corrected chi connectivity index (χ1v) is 15.8. The van der Waals surface area contributed by atoms with E-state index in [2.05, 4.69) is 50.0 Å². The molecule has 0 atom stereocenters. The molecule has 0 aromatic heterocycles. The Hall–Kier alpha value is 0.279. The first kappa shape index (κ1) is 18.3. The molecule has 0 aliphatic heterocycles. The van der Waals surface area contributed by atoms with E-state index >= 15 is 0 Å². The van der Waals surface area contributed by atoms with E-state index in [0.717, 1.165) is 0 Å². The molecule has 0 unspecified atom stereocenters. The van der Waals surface area contributed by atoms with Gasteiger partial charge in [0.15, 0.2) is 0 Å². The maximum absolute atomic E-state index is 2.72. The van der Waals surface area contributed by atoms with Crippen LogP contribution in [0, 0.1) is 0 Å². The zero-order chi connectivity index (χ0) is 13.7. The van der Waals surface area contributed by atoms with E-state index in [1.165, 1.54) is 38.5 Å². The average molecular weight is 357 g/mol. The minimum atomic E-state index is -1.95. The van der Waals surface area contributed by atoms with Gasteiger partial charge in [-0.3, -0.25) is 0 Å². The van der Waals surface area contributed by atoms with Gasteiger partial charge in [0, 0.05) is 0 Å². The van der Waals surface area contributed by atoms with Crippen LogP contribution >= 0.6 is 0 Å². The van der Waals surface area contributed by atoms with Gasteiger partial charge in [-0.2, -0.15) is 0 Å². The van der Waals surface area contributed by atoms with Crippen LogP contribution in [0.25, 0.3) is 0 Å². The van der Waals surface area contributed by atoms with Crippen molar-refractivity contribution in [2.75, 3.05) is 0 Å². The summed E-state index contributed by atoms with van der Waals surface area (Å²) in [5.41, 5.74) is 0. The predicted molar refractivity (Wildman–Crippen MR) is 88.9 cm³/mol. The van der Waals surface area contributed by atoms with Gasteiger partial charge in [-0.05, 0) is 0 Å². The summed E-state index contributed by atoms with van der Waals surface area (Å²) >= 11 is -1.95. The maximum atomic E-state index is 2.72. The van der Waals surface area contributed by atoms with Crippen LogP contribution in [0.3, 0.4) is 0 Å². The van der Waals surface area contributed by atoms with E-state index in [1.807, 2.05) is 0 Å². The van der Waals surface area contributed by atoms with E-state index in [9.17, 15) is 0 Å². The Balaban J connectivity index is 4.72. The topological polar surface area (TPSA) is 0 Å². The van der Waals surface area contributed by atoms with Crippen molar-refractivity contribution < 1.29 is 0 Å². The standard InChI is InChI=1S/C5H7.3C4H9.Sn/c1-3-5-4-2;3*1-3-4-2;/h1,3-5H,2H3;3*1,3-4H2,2H3;/b3-1?,5-4+;;;;. The Bertz CT molecular complexity index is 206. The Labute approximate surface area is 120 Å². The van der Waals surface area contributed by atoms with Crippen LogP contribution in [-0.2, 0) is 0 Å². The average Bonchev–Trinajstić information content (AvgIpc) is 2.40. The quantitative estimate of drug-likeness (QED) is 0.292. The van der Waals surface area contributed by atoms with Gasteiger partial charge in [-0.1, -0.05) is 0 Å². The second-order valence-electron chi connectivity index (χ2n) is 5.56. The molecule has 0 N–H and O–H groups in total. The molecule has 0 radical (unpaired) electrons. The number of unbranched alkanes of at least 4 members (excludes halogenated alkanes) is 3. The summed E-state index contributed by atoms with van der Waals surface area (Å²) in [6, 6.07) is 0. The van der Waals surface area contributed by atoms with Gasteiger partial charge in [0.1, 0.15) is 0 Å². The monoisotopic (exact) mass is 358 g/mol. The summed E-state index contributed by atoms with van der Waals surface area (Å²) < 4.78 is 7.47. The van der Waals surface area contributed by atoms with Crippen LogP contribution in [-0.4, -0.2) is 18.4 Å². The summed E-state index contributed by atoms with van der Waals surface area (Å²) in [6.07, 6.45) is 15.3. The molecule has 0 amide bonds. The number of hydrogen-bond acceptors (Lipinski definition) is 0. The fourth-order valence-corrected chi connectivity index (χ4v) is 16.7. The van der Waals surface area contributed by atoms with Crippen molar-refractivity contribution in [1.29, 1.82) is 0 Å². The van der Waals surface area contributed by atoms with Gasteiger partial charge in [0.25, 0.3) is 0 Å². The Morgan fingerprint density at radius 2 is 1.17 bits per heavy atom. The first-order valence-electron chi connectivity index (χ1n) is 8.05. The molecular weight excluding hydrogens is 323 g/mol. The summed E-state index contributed by atoms with van der Waals surface area (Å²) in [5, 5.41) is 0. The van der Waals surface area contributed by atoms with E-state index < -0.39 is 18.4 Å². The molecule has 0 saturated heterocycles. The van der Waals surface area contributed by atoms with Crippen LogP contribution in [0.5, 0.6) is 0 Å². The van der Waals surface area contributed by atoms with Crippen molar-refractivity contribution in [1.82, 2.24) is 0 Å². The SMILES string of the molecule is C/C=C/C=[CH]/[Sn]([CH2]CCC)([CH2]CCC)[CH2]CCC. The van der Waals surface area contributed by atoms with Crippen LogP contribution in [0.4, 0.5) is 0 Å². The van der Waals surface area contributed by atoms with E-state index in [1.54, 1.807) is 13.3 Å². The van der Waals surface area contributed by atoms with Crippen molar-refractivity contribution in [2.24, 2.45) is 0 Å². The summed E-state index contributed by atoms with van der Waals surface area (Å²) in [7, 11) is 0. The predicted octanol–water partition coefficient (Wildman–Crippen LogP) is 6.51. The van der Waals surface area contributed by atoms with Gasteiger partial charge in [0.2, 0.25) is 0 Å². The van der Waals surface area contributed by atoms with E-state index in [-0.39, 0.29) is 0 Å². The molecular formula is C17H34Sn. The molecule has 0 aromatic rings. The van der Waals surface area contributed by atoms with Gasteiger partial charge >= 0.3 is 120 Å². The minimum absolute atomic E-state index is 1.37. The molecule has 0 aliphatic rings. The van der Waals surface area contributed by atoms with E-state index in [0.29, 0.717) is 0 Å². The molecule has 0 saturated carbocycles. The van der Waals surface area contributed by atoms with Crippen molar-refractivity contribution in [2.45, 2.75) is 79.5 Å². The Morgan fingerprint density at radius 3 is 1.50 bits per heavy atom. The van der Waals surface area contributed by atoms with E-state index in [4.69, 9.17) is 0 Å². The molecule has 0 spiro atoms. The molecule has 18 heavy (non-hydrogen) atoms. The van der Waals surface area contributed by atoms with Gasteiger partial charge in [0.05, 0.1) is 0 Å². The Morgan fingerprint density at radius 1 is 0.722 bits per heavy atom. The normalized spacial score (nSPS) is 12.9. The molecule has 0 aromatic carbocycles. The fraction of sp³-hybridized carbons (Fsp3) is 0.765. The first-order chi connectivity index (χ1) is 8.74. The summed E-state index contributed by atoms with van der Waals surface area (Å²) in [6.45, 7) is 9.13. The zero-order valence-electron chi connectivity index (χ0n) is 13.2. The number of rotatable bonds is 11. The fourth-order valence-electron chi connectivity index (χ4n) is 2.58. The summed E-state index contributed by atoms with van der Waals surface area (Å²) in [5.74, 6) is 0. The molecule has 0 rings (SSSR count). The molecule has 1 heteroatoms. The molecule has 0 heterocycles. The molecule has 0 aliphatic carbocycles. The third kappa shape index (κ3) is 8.39. The van der Waals surface area contributed by atoms with Crippen molar-refractivity contribution in [3.8, 4) is 0 Å².